The maximum Gasteiger partial charge on any atom is 0.306 e. The summed E-state index contributed by atoms with van der Waals surface area (Å²) in [4.78, 5) is 25.8. The first-order chi connectivity index (χ1) is 11.0. The number of carboxylic acids is 1. The Morgan fingerprint density at radius 1 is 1.17 bits per heavy atom. The Hall–Kier alpha value is -1.84. The van der Waals surface area contributed by atoms with Crippen molar-refractivity contribution in [3.05, 3.63) is 35.9 Å². The third-order valence-corrected chi connectivity index (χ3v) is 5.53. The van der Waals surface area contributed by atoms with Crippen LogP contribution in [0.3, 0.4) is 0 Å². The molecular formula is C19H25NO3. The summed E-state index contributed by atoms with van der Waals surface area (Å²) in [5, 5.41) is 9.20. The van der Waals surface area contributed by atoms with E-state index in [0.717, 1.165) is 32.2 Å². The highest BCUT2D eigenvalue weighted by Crippen LogP contribution is 2.48. The van der Waals surface area contributed by atoms with Crippen molar-refractivity contribution in [3.8, 4) is 0 Å². The van der Waals surface area contributed by atoms with Crippen molar-refractivity contribution in [1.82, 2.24) is 4.90 Å². The predicted octanol–water partition coefficient (Wildman–Crippen LogP) is 3.07. The van der Waals surface area contributed by atoms with Crippen molar-refractivity contribution in [2.45, 2.75) is 43.9 Å². The van der Waals surface area contributed by atoms with E-state index in [2.05, 4.69) is 24.3 Å². The lowest BCUT2D eigenvalue weighted by molar-refractivity contribution is -0.145. The quantitative estimate of drug-likeness (QED) is 0.908. The number of benzene rings is 1. The Bertz CT molecular complexity index is 580. The van der Waals surface area contributed by atoms with Gasteiger partial charge in [-0.05, 0) is 37.7 Å². The number of hydrogen-bond acceptors (Lipinski definition) is 2. The van der Waals surface area contributed by atoms with Gasteiger partial charge in [0.2, 0.25) is 5.91 Å². The monoisotopic (exact) mass is 315 g/mol. The van der Waals surface area contributed by atoms with Crippen LogP contribution in [0.2, 0.25) is 0 Å². The summed E-state index contributed by atoms with van der Waals surface area (Å²) in [6.07, 6.45) is 5.11. The van der Waals surface area contributed by atoms with Gasteiger partial charge in [0, 0.05) is 24.9 Å². The zero-order valence-electron chi connectivity index (χ0n) is 13.7. The second-order valence-electron chi connectivity index (χ2n) is 7.24. The summed E-state index contributed by atoms with van der Waals surface area (Å²) in [7, 11) is 1.87. The molecule has 0 aromatic heterocycles. The van der Waals surface area contributed by atoms with E-state index in [0.29, 0.717) is 12.8 Å². The molecular weight excluding hydrogens is 290 g/mol. The molecule has 2 aliphatic rings. The maximum atomic E-state index is 12.7. The summed E-state index contributed by atoms with van der Waals surface area (Å²) in [6.45, 7) is 0.740. The van der Waals surface area contributed by atoms with Crippen LogP contribution in [-0.4, -0.2) is 35.5 Å². The molecule has 0 heterocycles. The van der Waals surface area contributed by atoms with Crippen LogP contribution < -0.4 is 0 Å². The molecule has 1 amide bonds. The molecule has 0 spiro atoms. The molecule has 0 saturated heterocycles. The van der Waals surface area contributed by atoms with Crippen LogP contribution >= 0.6 is 0 Å². The molecule has 0 aliphatic heterocycles. The van der Waals surface area contributed by atoms with Gasteiger partial charge in [0.05, 0.1) is 5.92 Å². The Morgan fingerprint density at radius 3 is 2.43 bits per heavy atom. The van der Waals surface area contributed by atoms with Crippen molar-refractivity contribution in [1.29, 1.82) is 0 Å². The van der Waals surface area contributed by atoms with Crippen LogP contribution in [0.1, 0.15) is 44.1 Å². The van der Waals surface area contributed by atoms with Gasteiger partial charge in [0.15, 0.2) is 0 Å². The number of carbonyl (C=O) groups is 2. The van der Waals surface area contributed by atoms with Crippen LogP contribution in [0.25, 0.3) is 0 Å². The minimum absolute atomic E-state index is 0.118. The molecule has 2 aliphatic carbocycles. The number of nitrogens with zero attached hydrogens (tertiary/aromatic N) is 1. The van der Waals surface area contributed by atoms with Crippen LogP contribution in [0.5, 0.6) is 0 Å². The van der Waals surface area contributed by atoms with Crippen molar-refractivity contribution < 1.29 is 14.7 Å². The van der Waals surface area contributed by atoms with E-state index in [9.17, 15) is 14.7 Å². The summed E-state index contributed by atoms with van der Waals surface area (Å²) in [6, 6.07) is 10.4. The van der Waals surface area contributed by atoms with Gasteiger partial charge < -0.3 is 10.0 Å². The first-order valence-corrected chi connectivity index (χ1v) is 8.55. The number of likely N-dealkylation sites (N-methyl/N-ethyl adjacent to an activating group) is 1. The fourth-order valence-electron chi connectivity index (χ4n) is 3.96. The molecule has 2 fully saturated rings. The number of rotatable bonds is 5. The Kier molecular flexibility index (Phi) is 4.42. The smallest absolute Gasteiger partial charge is 0.306 e. The molecule has 2 unspecified atom stereocenters. The van der Waals surface area contributed by atoms with E-state index in [4.69, 9.17) is 0 Å². The van der Waals surface area contributed by atoms with Crippen molar-refractivity contribution in [3.63, 3.8) is 0 Å². The standard InChI is InChI=1S/C19H25NO3/c1-20(13-19(10-11-19)16-8-3-2-4-9-16)17(21)14-6-5-7-15(12-14)18(22)23/h2-4,8-9,14-15H,5-7,10-13H2,1H3,(H,22,23). The van der Waals surface area contributed by atoms with Gasteiger partial charge in [-0.1, -0.05) is 36.8 Å². The van der Waals surface area contributed by atoms with Gasteiger partial charge >= 0.3 is 5.97 Å². The minimum atomic E-state index is -0.756. The second kappa shape index (κ2) is 6.34. The first-order valence-electron chi connectivity index (χ1n) is 8.55. The van der Waals surface area contributed by atoms with Gasteiger partial charge in [-0.3, -0.25) is 9.59 Å². The third kappa shape index (κ3) is 3.41. The molecule has 124 valence electrons. The van der Waals surface area contributed by atoms with Gasteiger partial charge in [-0.25, -0.2) is 0 Å². The van der Waals surface area contributed by atoms with E-state index in [1.807, 2.05) is 18.0 Å². The lowest BCUT2D eigenvalue weighted by atomic mass is 9.80. The summed E-state index contributed by atoms with van der Waals surface area (Å²) < 4.78 is 0. The molecule has 2 saturated carbocycles. The highest BCUT2D eigenvalue weighted by Gasteiger charge is 2.46. The van der Waals surface area contributed by atoms with Crippen molar-refractivity contribution in [2.24, 2.45) is 11.8 Å². The van der Waals surface area contributed by atoms with Gasteiger partial charge in [-0.2, -0.15) is 0 Å². The largest absolute Gasteiger partial charge is 0.481 e. The molecule has 0 bridgehead atoms. The number of aliphatic carboxylic acids is 1. The normalized spacial score (nSPS) is 25.6. The molecule has 3 rings (SSSR count). The molecule has 2 atom stereocenters. The SMILES string of the molecule is CN(CC1(c2ccccc2)CC1)C(=O)C1CCCC(C(=O)O)C1. The Balaban J connectivity index is 1.63. The fraction of sp³-hybridized carbons (Fsp3) is 0.579. The minimum Gasteiger partial charge on any atom is -0.481 e. The fourth-order valence-corrected chi connectivity index (χ4v) is 3.96. The Labute approximate surface area is 137 Å². The summed E-state index contributed by atoms with van der Waals surface area (Å²) in [5.74, 6) is -1.11. The summed E-state index contributed by atoms with van der Waals surface area (Å²) in [5.41, 5.74) is 1.43. The second-order valence-corrected chi connectivity index (χ2v) is 7.24. The molecule has 23 heavy (non-hydrogen) atoms. The van der Waals surface area contributed by atoms with Crippen LogP contribution in [0.15, 0.2) is 30.3 Å². The Morgan fingerprint density at radius 2 is 1.83 bits per heavy atom. The molecule has 1 N–H and O–H groups in total. The first kappa shape index (κ1) is 16.0. The number of amides is 1. The predicted molar refractivity (Wildman–Crippen MR) is 88.1 cm³/mol. The average molecular weight is 315 g/mol. The molecule has 4 heteroatoms. The van der Waals surface area contributed by atoms with E-state index >= 15 is 0 Å². The highest BCUT2D eigenvalue weighted by molar-refractivity contribution is 5.80. The van der Waals surface area contributed by atoms with Gasteiger partial charge in [0.25, 0.3) is 0 Å². The van der Waals surface area contributed by atoms with Crippen LogP contribution in [-0.2, 0) is 15.0 Å². The maximum absolute atomic E-state index is 12.7. The lowest BCUT2D eigenvalue weighted by Gasteiger charge is -2.31. The number of hydrogen-bond donors (Lipinski definition) is 1. The topological polar surface area (TPSA) is 57.6 Å². The molecule has 1 aromatic rings. The summed E-state index contributed by atoms with van der Waals surface area (Å²) >= 11 is 0. The average Bonchev–Trinajstić information content (AvgIpc) is 3.35. The zero-order valence-corrected chi connectivity index (χ0v) is 13.7. The van der Waals surface area contributed by atoms with E-state index in [1.54, 1.807) is 0 Å². The van der Waals surface area contributed by atoms with Crippen molar-refractivity contribution in [2.75, 3.05) is 13.6 Å². The van der Waals surface area contributed by atoms with Crippen LogP contribution in [0.4, 0.5) is 0 Å². The highest BCUT2D eigenvalue weighted by atomic mass is 16.4. The van der Waals surface area contributed by atoms with Gasteiger partial charge in [-0.15, -0.1) is 0 Å². The van der Waals surface area contributed by atoms with Gasteiger partial charge in [0.1, 0.15) is 0 Å². The lowest BCUT2D eigenvalue weighted by Crippen LogP contribution is -2.40. The molecule has 0 radical (unpaired) electrons. The van der Waals surface area contributed by atoms with E-state index in [1.165, 1.54) is 5.56 Å². The molecule has 1 aromatic carbocycles. The zero-order chi connectivity index (χ0) is 16.4. The number of carboxylic acid groups (broad SMARTS) is 1. The van der Waals surface area contributed by atoms with Crippen LogP contribution in [0, 0.1) is 11.8 Å². The third-order valence-electron chi connectivity index (χ3n) is 5.53. The number of carbonyl (C=O) groups excluding carboxylic acids is 1. The molecule has 4 nitrogen and oxygen atoms in total. The van der Waals surface area contributed by atoms with E-state index in [-0.39, 0.29) is 23.2 Å². The van der Waals surface area contributed by atoms with E-state index < -0.39 is 5.97 Å². The van der Waals surface area contributed by atoms with Crippen molar-refractivity contribution >= 4 is 11.9 Å².